The molecule has 0 saturated carbocycles. The maximum absolute atomic E-state index is 12.9. The van der Waals surface area contributed by atoms with Crippen LogP contribution in [-0.4, -0.2) is 87.4 Å². The van der Waals surface area contributed by atoms with Crippen molar-refractivity contribution in [2.45, 2.75) is 309 Å². The zero-order valence-corrected chi connectivity index (χ0v) is 51.1. The molecule has 0 aromatic rings. The van der Waals surface area contributed by atoms with E-state index in [1.807, 2.05) is 21.1 Å². The lowest BCUT2D eigenvalue weighted by atomic mass is 10.0. The Morgan fingerprint density at radius 2 is 0.701 bits per heavy atom. The van der Waals surface area contributed by atoms with E-state index in [2.05, 4.69) is 74.6 Å². The Labute approximate surface area is 475 Å². The molecule has 0 aromatic carbocycles. The van der Waals surface area contributed by atoms with Gasteiger partial charge in [-0.1, -0.05) is 261 Å². The van der Waals surface area contributed by atoms with E-state index in [9.17, 15) is 19.5 Å². The highest BCUT2D eigenvalue weighted by Gasteiger charge is 2.25. The summed E-state index contributed by atoms with van der Waals surface area (Å²) in [4.78, 5) is 37.5. The number of quaternary nitrogens is 1. The second-order valence-electron chi connectivity index (χ2n) is 23.1. The van der Waals surface area contributed by atoms with Crippen LogP contribution in [0.1, 0.15) is 296 Å². The minimum atomic E-state index is -1.51. The summed E-state index contributed by atoms with van der Waals surface area (Å²) in [5.74, 6) is -2.00. The molecule has 0 heterocycles. The van der Waals surface area contributed by atoms with E-state index in [1.54, 1.807) is 0 Å². The molecule has 0 aliphatic heterocycles. The van der Waals surface area contributed by atoms with Crippen molar-refractivity contribution in [3.05, 3.63) is 60.8 Å². The third-order valence-electron chi connectivity index (χ3n) is 14.2. The lowest BCUT2D eigenvalue weighted by Gasteiger charge is -2.25. The highest BCUT2D eigenvalue weighted by molar-refractivity contribution is 5.71. The van der Waals surface area contributed by atoms with Gasteiger partial charge in [0.1, 0.15) is 13.2 Å². The largest absolute Gasteiger partial charge is 0.477 e. The highest BCUT2D eigenvalue weighted by atomic mass is 16.7. The van der Waals surface area contributed by atoms with Crippen LogP contribution >= 0.6 is 0 Å². The fraction of sp³-hybridized carbons (Fsp3) is 0.809. The second kappa shape index (κ2) is 59.1. The topological polar surface area (TPSA) is 108 Å². The molecule has 9 heteroatoms. The molecule has 1 N–H and O–H groups in total. The number of allylic oxidation sites excluding steroid dienone is 10. The summed E-state index contributed by atoms with van der Waals surface area (Å²) >= 11 is 0. The first-order chi connectivity index (χ1) is 37.6. The second-order valence-corrected chi connectivity index (χ2v) is 23.1. The fourth-order valence-corrected chi connectivity index (χ4v) is 9.23. The normalized spacial score (nSPS) is 13.1. The number of ether oxygens (including phenoxy) is 4. The van der Waals surface area contributed by atoms with Crippen molar-refractivity contribution in [3.63, 3.8) is 0 Å². The first kappa shape index (κ1) is 74.0. The van der Waals surface area contributed by atoms with Crippen molar-refractivity contribution < 1.29 is 42.9 Å². The minimum absolute atomic E-state index is 0.183. The van der Waals surface area contributed by atoms with Crippen LogP contribution in [0.15, 0.2) is 60.8 Å². The number of hydrogen-bond acceptors (Lipinski definition) is 7. The first-order valence-corrected chi connectivity index (χ1v) is 32.5. The summed E-state index contributed by atoms with van der Waals surface area (Å²) in [6.07, 6.45) is 73.1. The van der Waals surface area contributed by atoms with Gasteiger partial charge < -0.3 is 28.5 Å². The number of rotatable bonds is 60. The van der Waals surface area contributed by atoms with Gasteiger partial charge in [0.15, 0.2) is 6.10 Å². The molecular formula is C68H124NO8+. The van der Waals surface area contributed by atoms with Crippen molar-refractivity contribution in [3.8, 4) is 0 Å². The smallest absolute Gasteiger partial charge is 0.361 e. The summed E-state index contributed by atoms with van der Waals surface area (Å²) in [6, 6.07) is 0. The van der Waals surface area contributed by atoms with Crippen LogP contribution in [-0.2, 0) is 33.3 Å². The average Bonchev–Trinajstić information content (AvgIpc) is 3.40. The molecule has 77 heavy (non-hydrogen) atoms. The number of likely N-dealkylation sites (N-methyl/N-ethyl adjacent to an activating group) is 1. The number of aliphatic carboxylic acids is 1. The van der Waals surface area contributed by atoms with Gasteiger partial charge in [-0.15, -0.1) is 0 Å². The van der Waals surface area contributed by atoms with Gasteiger partial charge in [0, 0.05) is 12.8 Å². The Morgan fingerprint density at radius 1 is 0.390 bits per heavy atom. The molecule has 0 saturated heterocycles. The first-order valence-electron chi connectivity index (χ1n) is 32.5. The van der Waals surface area contributed by atoms with Gasteiger partial charge in [-0.3, -0.25) is 9.59 Å². The van der Waals surface area contributed by atoms with Crippen LogP contribution in [0.25, 0.3) is 0 Å². The van der Waals surface area contributed by atoms with E-state index < -0.39 is 24.3 Å². The Morgan fingerprint density at radius 3 is 1.04 bits per heavy atom. The van der Waals surface area contributed by atoms with Gasteiger partial charge in [0.2, 0.25) is 0 Å². The molecule has 448 valence electrons. The summed E-state index contributed by atoms with van der Waals surface area (Å²) in [5, 5.41) is 9.73. The van der Waals surface area contributed by atoms with Crippen molar-refractivity contribution in [2.75, 3.05) is 47.5 Å². The number of carbonyl (C=O) groups excluding carboxylic acids is 2. The molecule has 0 rings (SSSR count). The number of esters is 2. The number of carbonyl (C=O) groups is 3. The van der Waals surface area contributed by atoms with Gasteiger partial charge in [0.05, 0.1) is 34.4 Å². The zero-order chi connectivity index (χ0) is 56.2. The SMILES string of the molecule is CCCCCCC/C=C\C/C=C\C/C=C\CCCCCCCCCCCCCCCCC(=O)OC(COC(=O)CCCCCCCCCCCCC/C=C\C/C=C\CCCCCCC)COC(OCC[N+](C)(C)C)C(=O)O. The number of unbranched alkanes of at least 4 members (excludes halogenated alkanes) is 35. The van der Waals surface area contributed by atoms with Gasteiger partial charge in [-0.05, 0) is 83.5 Å². The van der Waals surface area contributed by atoms with Gasteiger partial charge in [-0.25, -0.2) is 4.79 Å². The number of nitrogens with zero attached hydrogens (tertiary/aromatic N) is 1. The summed E-state index contributed by atoms with van der Waals surface area (Å²) in [7, 11) is 5.98. The third-order valence-corrected chi connectivity index (χ3v) is 14.2. The number of carboxylic acid groups (broad SMARTS) is 1. The van der Waals surface area contributed by atoms with Crippen LogP contribution in [0.4, 0.5) is 0 Å². The molecule has 0 spiro atoms. The molecule has 0 aliphatic carbocycles. The predicted octanol–water partition coefficient (Wildman–Crippen LogP) is 19.6. The molecular weight excluding hydrogens is 959 g/mol. The Bertz CT molecular complexity index is 1450. The molecule has 0 fully saturated rings. The highest BCUT2D eigenvalue weighted by Crippen LogP contribution is 2.17. The Kier molecular flexibility index (Phi) is 56.8. The molecule has 0 amide bonds. The van der Waals surface area contributed by atoms with E-state index >= 15 is 0 Å². The molecule has 9 nitrogen and oxygen atoms in total. The van der Waals surface area contributed by atoms with Crippen molar-refractivity contribution in [1.29, 1.82) is 0 Å². The van der Waals surface area contributed by atoms with Crippen LogP contribution in [0.5, 0.6) is 0 Å². The summed E-state index contributed by atoms with van der Waals surface area (Å²) in [5.41, 5.74) is 0. The average molecular weight is 1080 g/mol. The zero-order valence-electron chi connectivity index (χ0n) is 51.1. The van der Waals surface area contributed by atoms with Crippen LogP contribution < -0.4 is 0 Å². The maximum Gasteiger partial charge on any atom is 0.361 e. The molecule has 0 aromatic heterocycles. The van der Waals surface area contributed by atoms with Crippen LogP contribution in [0.3, 0.4) is 0 Å². The van der Waals surface area contributed by atoms with E-state index in [4.69, 9.17) is 18.9 Å². The minimum Gasteiger partial charge on any atom is -0.477 e. The van der Waals surface area contributed by atoms with Crippen LogP contribution in [0.2, 0.25) is 0 Å². The molecule has 0 aliphatic rings. The van der Waals surface area contributed by atoms with Crippen molar-refractivity contribution in [2.24, 2.45) is 0 Å². The molecule has 0 radical (unpaired) electrons. The van der Waals surface area contributed by atoms with E-state index in [-0.39, 0.29) is 32.2 Å². The lowest BCUT2D eigenvalue weighted by Crippen LogP contribution is -2.40. The summed E-state index contributed by atoms with van der Waals surface area (Å²) < 4.78 is 23.0. The van der Waals surface area contributed by atoms with Crippen molar-refractivity contribution >= 4 is 17.9 Å². The predicted molar refractivity (Wildman–Crippen MR) is 327 cm³/mol. The standard InChI is InChI=1S/C68H123NO8/c1-6-8-10-12-14-16-18-20-22-24-26-28-30-31-32-33-34-35-37-39-41-43-45-47-49-51-53-55-57-59-66(71)77-64(63-76-68(67(72)73)74-61-60-69(3,4)5)62-75-65(70)58-56-54-52-50-48-46-44-42-40-38-36-29-27-25-23-21-19-17-15-13-11-9-7-2/h18-21,24-27,30-31,64,68H,6-17,22-23,28-29,32-63H2,1-5H3/p+1/b20-18-,21-19-,26-24-,27-25-,31-30-. The van der Waals surface area contributed by atoms with Crippen molar-refractivity contribution in [1.82, 2.24) is 0 Å². The Hall–Kier alpha value is -3.01. The van der Waals surface area contributed by atoms with E-state index in [0.29, 0.717) is 17.4 Å². The molecule has 0 bridgehead atoms. The van der Waals surface area contributed by atoms with Gasteiger partial charge in [-0.2, -0.15) is 0 Å². The van der Waals surface area contributed by atoms with Gasteiger partial charge >= 0.3 is 17.9 Å². The monoisotopic (exact) mass is 1080 g/mol. The number of carboxylic acids is 1. The fourth-order valence-electron chi connectivity index (χ4n) is 9.23. The number of hydrogen-bond donors (Lipinski definition) is 1. The Balaban J connectivity index is 4.16. The van der Waals surface area contributed by atoms with E-state index in [0.717, 1.165) is 57.8 Å². The maximum atomic E-state index is 12.9. The van der Waals surface area contributed by atoms with E-state index in [1.165, 1.54) is 212 Å². The van der Waals surface area contributed by atoms with Gasteiger partial charge in [0.25, 0.3) is 6.29 Å². The molecule has 2 atom stereocenters. The third kappa shape index (κ3) is 60.5. The van der Waals surface area contributed by atoms with Crippen LogP contribution in [0, 0.1) is 0 Å². The quantitative estimate of drug-likeness (QED) is 0.0211. The molecule has 2 unspecified atom stereocenters. The lowest BCUT2D eigenvalue weighted by molar-refractivity contribution is -0.870. The summed E-state index contributed by atoms with van der Waals surface area (Å²) in [6.45, 7) is 4.89.